The van der Waals surface area contributed by atoms with Crippen LogP contribution in [-0.2, 0) is 17.5 Å². The fraction of sp³-hybridized carbons (Fsp3) is 0.381. The molecule has 0 spiro atoms. The second-order valence-electron chi connectivity index (χ2n) is 7.76. The lowest BCUT2D eigenvalue weighted by atomic mass is 10.1. The summed E-state index contributed by atoms with van der Waals surface area (Å²) in [6, 6.07) is 1.63. The van der Waals surface area contributed by atoms with Gasteiger partial charge in [0.1, 0.15) is 16.7 Å². The van der Waals surface area contributed by atoms with Crippen molar-refractivity contribution in [1.82, 2.24) is 14.5 Å². The van der Waals surface area contributed by atoms with Crippen molar-refractivity contribution in [3.63, 3.8) is 0 Å². The number of nitrogens with one attached hydrogen (secondary N) is 1. The standard InChI is InChI=1S/C21H22ClF3N4O2S/c1-10-12(3)32-19-17(10)20(31)29(16(27-19)9-28(4)5)11(2)18(30)26-15-8-13(21(23,24)25)6-7-14(15)22/h6-8,11H,9H2,1-5H3,(H,26,30). The highest BCUT2D eigenvalue weighted by Gasteiger charge is 2.31. The quantitative estimate of drug-likeness (QED) is 0.550. The maximum atomic E-state index is 13.4. The number of thiophene rings is 1. The van der Waals surface area contributed by atoms with E-state index in [1.54, 1.807) is 14.1 Å². The first kappa shape index (κ1) is 24.2. The highest BCUT2D eigenvalue weighted by atomic mass is 35.5. The van der Waals surface area contributed by atoms with Crippen molar-refractivity contribution in [3.05, 3.63) is 55.4 Å². The topological polar surface area (TPSA) is 67.2 Å². The SMILES string of the molecule is Cc1sc2nc(CN(C)C)n(C(C)C(=O)Nc3cc(C(F)(F)F)ccc3Cl)c(=O)c2c1C. The van der Waals surface area contributed by atoms with Crippen molar-refractivity contribution in [2.45, 2.75) is 39.5 Å². The molecule has 1 aromatic carbocycles. The van der Waals surface area contributed by atoms with Crippen LogP contribution >= 0.6 is 22.9 Å². The molecule has 0 radical (unpaired) electrons. The first-order chi connectivity index (χ1) is 14.8. The van der Waals surface area contributed by atoms with Crippen LogP contribution in [0, 0.1) is 13.8 Å². The summed E-state index contributed by atoms with van der Waals surface area (Å²) in [4.78, 5) is 34.3. The van der Waals surface area contributed by atoms with Gasteiger partial charge in [-0.1, -0.05) is 11.6 Å². The Morgan fingerprint density at radius 1 is 1.31 bits per heavy atom. The van der Waals surface area contributed by atoms with Gasteiger partial charge in [0, 0.05) is 4.88 Å². The average molecular weight is 487 g/mol. The van der Waals surface area contributed by atoms with E-state index in [0.717, 1.165) is 28.6 Å². The van der Waals surface area contributed by atoms with Gasteiger partial charge in [0.2, 0.25) is 5.91 Å². The maximum Gasteiger partial charge on any atom is 0.416 e. The number of aromatic nitrogens is 2. The van der Waals surface area contributed by atoms with E-state index >= 15 is 0 Å². The number of fused-ring (bicyclic) bond motifs is 1. The van der Waals surface area contributed by atoms with Crippen molar-refractivity contribution >= 4 is 44.7 Å². The lowest BCUT2D eigenvalue weighted by Crippen LogP contribution is -2.36. The molecule has 3 rings (SSSR count). The molecule has 172 valence electrons. The first-order valence-electron chi connectivity index (χ1n) is 9.64. The summed E-state index contributed by atoms with van der Waals surface area (Å²) in [7, 11) is 3.61. The molecule has 1 N–H and O–H groups in total. The van der Waals surface area contributed by atoms with E-state index in [4.69, 9.17) is 11.6 Å². The highest BCUT2D eigenvalue weighted by molar-refractivity contribution is 7.18. The number of rotatable bonds is 5. The molecule has 1 amide bonds. The summed E-state index contributed by atoms with van der Waals surface area (Å²) >= 11 is 7.41. The summed E-state index contributed by atoms with van der Waals surface area (Å²) in [6.07, 6.45) is -4.59. The second kappa shape index (κ2) is 8.84. The molecule has 32 heavy (non-hydrogen) atoms. The smallest absolute Gasteiger partial charge is 0.323 e. The molecule has 2 aromatic heterocycles. The molecule has 6 nitrogen and oxygen atoms in total. The zero-order valence-electron chi connectivity index (χ0n) is 18.1. The summed E-state index contributed by atoms with van der Waals surface area (Å²) in [5.41, 5.74) is -0.701. The van der Waals surface area contributed by atoms with E-state index in [1.165, 1.54) is 22.8 Å². The lowest BCUT2D eigenvalue weighted by Gasteiger charge is -2.21. The Morgan fingerprint density at radius 2 is 1.97 bits per heavy atom. The van der Waals surface area contributed by atoms with Gasteiger partial charge in [0.05, 0.1) is 28.2 Å². The van der Waals surface area contributed by atoms with Gasteiger partial charge >= 0.3 is 6.18 Å². The summed E-state index contributed by atoms with van der Waals surface area (Å²) in [5, 5.41) is 2.82. The van der Waals surface area contributed by atoms with Crippen molar-refractivity contribution in [2.24, 2.45) is 0 Å². The van der Waals surface area contributed by atoms with E-state index in [0.29, 0.717) is 22.6 Å². The Balaban J connectivity index is 2.07. The molecule has 0 aliphatic carbocycles. The Labute approximate surface area is 191 Å². The van der Waals surface area contributed by atoms with Crippen LogP contribution in [0.25, 0.3) is 10.2 Å². The van der Waals surface area contributed by atoms with Crippen LogP contribution in [0.5, 0.6) is 0 Å². The Kier molecular flexibility index (Phi) is 6.69. The number of halogens is 4. The number of nitrogens with zero attached hydrogens (tertiary/aromatic N) is 3. The van der Waals surface area contributed by atoms with Gasteiger partial charge < -0.3 is 10.2 Å². The van der Waals surface area contributed by atoms with E-state index in [-0.39, 0.29) is 16.3 Å². The minimum absolute atomic E-state index is 0.0442. The molecule has 0 saturated heterocycles. The predicted molar refractivity (Wildman–Crippen MR) is 121 cm³/mol. The van der Waals surface area contributed by atoms with Crippen LogP contribution < -0.4 is 10.9 Å². The molecule has 0 aliphatic heterocycles. The number of carbonyl (C=O) groups excluding carboxylic acids is 1. The zero-order valence-corrected chi connectivity index (χ0v) is 19.7. The van der Waals surface area contributed by atoms with Crippen LogP contribution in [0.15, 0.2) is 23.0 Å². The minimum Gasteiger partial charge on any atom is -0.323 e. The third kappa shape index (κ3) is 4.67. The monoisotopic (exact) mass is 486 g/mol. The molecule has 0 bridgehead atoms. The molecular weight excluding hydrogens is 465 g/mol. The highest BCUT2D eigenvalue weighted by Crippen LogP contribution is 2.34. The first-order valence-corrected chi connectivity index (χ1v) is 10.8. The fourth-order valence-corrected chi connectivity index (χ4v) is 4.50. The van der Waals surface area contributed by atoms with Crippen molar-refractivity contribution in [1.29, 1.82) is 0 Å². The van der Waals surface area contributed by atoms with Crippen molar-refractivity contribution in [3.8, 4) is 0 Å². The number of benzene rings is 1. The molecular formula is C21H22ClF3N4O2S. The summed E-state index contributed by atoms with van der Waals surface area (Å²) < 4.78 is 40.5. The third-order valence-corrected chi connectivity index (χ3v) is 6.51. The van der Waals surface area contributed by atoms with Gasteiger partial charge in [-0.25, -0.2) is 4.98 Å². The van der Waals surface area contributed by atoms with E-state index in [2.05, 4.69) is 10.3 Å². The molecule has 3 aromatic rings. The third-order valence-electron chi connectivity index (χ3n) is 5.08. The summed E-state index contributed by atoms with van der Waals surface area (Å²) in [5.74, 6) is -0.300. The van der Waals surface area contributed by atoms with E-state index < -0.39 is 23.7 Å². The van der Waals surface area contributed by atoms with Crippen LogP contribution in [0.3, 0.4) is 0 Å². The number of carbonyl (C=O) groups is 1. The number of hydrogen-bond donors (Lipinski definition) is 1. The van der Waals surface area contributed by atoms with E-state index in [1.807, 2.05) is 18.7 Å². The Bertz CT molecular complexity index is 1250. The Hall–Kier alpha value is -2.43. The number of aryl methyl sites for hydroxylation is 2. The maximum absolute atomic E-state index is 13.4. The van der Waals surface area contributed by atoms with Crippen molar-refractivity contribution in [2.75, 3.05) is 19.4 Å². The molecule has 0 aliphatic rings. The minimum atomic E-state index is -4.59. The normalized spacial score (nSPS) is 13.1. The van der Waals surface area contributed by atoms with E-state index in [9.17, 15) is 22.8 Å². The molecule has 11 heteroatoms. The predicted octanol–water partition coefficient (Wildman–Crippen LogP) is 5.01. The molecule has 0 saturated carbocycles. The van der Waals surface area contributed by atoms with Crippen LogP contribution in [0.1, 0.15) is 34.8 Å². The summed E-state index contributed by atoms with van der Waals surface area (Å²) in [6.45, 7) is 5.51. The second-order valence-corrected chi connectivity index (χ2v) is 9.37. The largest absolute Gasteiger partial charge is 0.416 e. The average Bonchev–Trinajstić information content (AvgIpc) is 2.95. The number of amides is 1. The van der Waals surface area contributed by atoms with Crippen LogP contribution in [-0.4, -0.2) is 34.5 Å². The van der Waals surface area contributed by atoms with Gasteiger partial charge in [-0.3, -0.25) is 14.2 Å². The Morgan fingerprint density at radius 3 is 2.56 bits per heavy atom. The van der Waals surface area contributed by atoms with Gasteiger partial charge in [-0.2, -0.15) is 13.2 Å². The zero-order chi connectivity index (χ0) is 24.0. The van der Waals surface area contributed by atoms with Gasteiger partial charge in [-0.15, -0.1) is 11.3 Å². The van der Waals surface area contributed by atoms with Gasteiger partial charge in [0.15, 0.2) is 0 Å². The molecule has 2 heterocycles. The van der Waals surface area contributed by atoms with Gasteiger partial charge in [-0.05, 0) is 58.6 Å². The van der Waals surface area contributed by atoms with Crippen molar-refractivity contribution < 1.29 is 18.0 Å². The number of hydrogen-bond acceptors (Lipinski definition) is 5. The number of alkyl halides is 3. The lowest BCUT2D eigenvalue weighted by molar-refractivity contribution is -0.137. The van der Waals surface area contributed by atoms with Crippen LogP contribution in [0.4, 0.5) is 18.9 Å². The molecule has 1 unspecified atom stereocenters. The molecule has 0 fully saturated rings. The molecule has 1 atom stereocenters. The van der Waals surface area contributed by atoms with Gasteiger partial charge in [0.25, 0.3) is 5.56 Å². The number of anilines is 1. The van der Waals surface area contributed by atoms with Crippen LogP contribution in [0.2, 0.25) is 5.02 Å². The fourth-order valence-electron chi connectivity index (χ4n) is 3.29.